The smallest absolute Gasteiger partial charge is 0.344 e. The topological polar surface area (TPSA) is 108 Å². The molecular formula is C20H22N2O6. The van der Waals surface area contributed by atoms with E-state index >= 15 is 0 Å². The Morgan fingerprint density at radius 1 is 1.07 bits per heavy atom. The van der Waals surface area contributed by atoms with E-state index in [9.17, 15) is 19.7 Å². The van der Waals surface area contributed by atoms with Crippen LogP contribution in [0.1, 0.15) is 32.3 Å². The number of benzene rings is 2. The van der Waals surface area contributed by atoms with Crippen LogP contribution in [0.3, 0.4) is 0 Å². The third-order valence-electron chi connectivity index (χ3n) is 3.92. The lowest BCUT2D eigenvalue weighted by Crippen LogP contribution is -2.32. The minimum Gasteiger partial charge on any atom is -0.482 e. The van der Waals surface area contributed by atoms with Crippen molar-refractivity contribution < 1.29 is 24.0 Å². The SMILES string of the molecule is CC(C)c1ccccc1NC(=O)[C@H](C)OC(=O)COc1ccc([N+](=O)[O-])cc1. The summed E-state index contributed by atoms with van der Waals surface area (Å²) in [6.45, 7) is 5.09. The molecule has 0 radical (unpaired) electrons. The van der Waals surface area contributed by atoms with Crippen LogP contribution in [0, 0.1) is 10.1 Å². The largest absolute Gasteiger partial charge is 0.482 e. The summed E-state index contributed by atoms with van der Waals surface area (Å²) in [5, 5.41) is 13.4. The molecule has 0 aliphatic rings. The van der Waals surface area contributed by atoms with Gasteiger partial charge in [0.15, 0.2) is 12.7 Å². The van der Waals surface area contributed by atoms with Crippen LogP contribution < -0.4 is 10.1 Å². The van der Waals surface area contributed by atoms with Gasteiger partial charge in [0.25, 0.3) is 11.6 Å². The van der Waals surface area contributed by atoms with Gasteiger partial charge in [-0.2, -0.15) is 0 Å². The first kappa shape index (κ1) is 20.9. The Morgan fingerprint density at radius 3 is 2.32 bits per heavy atom. The molecule has 0 unspecified atom stereocenters. The van der Waals surface area contributed by atoms with Crippen molar-refractivity contribution in [3.8, 4) is 5.75 Å². The third-order valence-corrected chi connectivity index (χ3v) is 3.92. The van der Waals surface area contributed by atoms with Crippen LogP contribution in [0.5, 0.6) is 5.75 Å². The number of nitrogens with one attached hydrogen (secondary N) is 1. The second kappa shape index (κ2) is 9.50. The van der Waals surface area contributed by atoms with E-state index in [1.54, 1.807) is 6.07 Å². The van der Waals surface area contributed by atoms with Crippen LogP contribution in [0.15, 0.2) is 48.5 Å². The quantitative estimate of drug-likeness (QED) is 0.421. The molecule has 0 aliphatic carbocycles. The molecule has 0 bridgehead atoms. The van der Waals surface area contributed by atoms with Crippen molar-refractivity contribution in [1.29, 1.82) is 0 Å². The van der Waals surface area contributed by atoms with Crippen LogP contribution in [0.2, 0.25) is 0 Å². The number of amides is 1. The first-order valence-corrected chi connectivity index (χ1v) is 8.74. The fraction of sp³-hybridized carbons (Fsp3) is 0.300. The Balaban J connectivity index is 1.86. The summed E-state index contributed by atoms with van der Waals surface area (Å²) in [5.41, 5.74) is 1.57. The normalized spacial score (nSPS) is 11.6. The second-order valence-corrected chi connectivity index (χ2v) is 6.40. The number of ether oxygens (including phenoxy) is 2. The first-order valence-electron chi connectivity index (χ1n) is 8.74. The van der Waals surface area contributed by atoms with E-state index in [-0.39, 0.29) is 17.4 Å². The van der Waals surface area contributed by atoms with Crippen LogP contribution >= 0.6 is 0 Å². The van der Waals surface area contributed by atoms with Gasteiger partial charge in [-0.05, 0) is 36.6 Å². The standard InChI is InChI=1S/C20H22N2O6/c1-13(2)17-6-4-5-7-18(17)21-20(24)14(3)28-19(23)12-27-16-10-8-15(9-11-16)22(25)26/h4-11,13-14H,12H2,1-3H3,(H,21,24)/t14-/m0/s1. The zero-order chi connectivity index (χ0) is 20.7. The van der Waals surface area contributed by atoms with E-state index in [1.165, 1.54) is 31.2 Å². The average Bonchev–Trinajstić information content (AvgIpc) is 2.66. The number of non-ortho nitro benzene ring substituents is 1. The molecule has 0 spiro atoms. The van der Waals surface area contributed by atoms with Crippen molar-refractivity contribution in [2.45, 2.75) is 32.8 Å². The average molecular weight is 386 g/mol. The zero-order valence-corrected chi connectivity index (χ0v) is 15.9. The monoisotopic (exact) mass is 386 g/mol. The summed E-state index contributed by atoms with van der Waals surface area (Å²) >= 11 is 0. The van der Waals surface area contributed by atoms with Crippen molar-refractivity contribution in [1.82, 2.24) is 0 Å². The Hall–Kier alpha value is -3.42. The Kier molecular flexibility index (Phi) is 7.08. The molecule has 148 valence electrons. The van der Waals surface area contributed by atoms with Gasteiger partial charge in [-0.15, -0.1) is 0 Å². The number of nitrogens with zero attached hydrogens (tertiary/aromatic N) is 1. The molecule has 8 heteroatoms. The van der Waals surface area contributed by atoms with E-state index in [0.717, 1.165) is 5.56 Å². The number of carbonyl (C=O) groups is 2. The van der Waals surface area contributed by atoms with Gasteiger partial charge in [0.1, 0.15) is 5.75 Å². The number of rotatable bonds is 8. The highest BCUT2D eigenvalue weighted by Crippen LogP contribution is 2.24. The Bertz CT molecular complexity index is 848. The van der Waals surface area contributed by atoms with Crippen LogP contribution in [0.25, 0.3) is 0 Å². The van der Waals surface area contributed by atoms with E-state index in [1.807, 2.05) is 32.0 Å². The van der Waals surface area contributed by atoms with Crippen molar-refractivity contribution in [3.05, 3.63) is 64.2 Å². The molecule has 2 aromatic rings. The maximum atomic E-state index is 12.3. The molecule has 0 saturated carbocycles. The van der Waals surface area contributed by atoms with E-state index in [4.69, 9.17) is 9.47 Å². The minimum atomic E-state index is -1.01. The molecule has 0 heterocycles. The second-order valence-electron chi connectivity index (χ2n) is 6.40. The number of nitro groups is 1. The fourth-order valence-electron chi connectivity index (χ4n) is 2.44. The van der Waals surface area contributed by atoms with E-state index < -0.39 is 29.5 Å². The number of hydrogen-bond acceptors (Lipinski definition) is 6. The molecule has 8 nitrogen and oxygen atoms in total. The highest BCUT2D eigenvalue weighted by molar-refractivity contribution is 5.95. The molecule has 2 aromatic carbocycles. The summed E-state index contributed by atoms with van der Waals surface area (Å²) in [6.07, 6.45) is -1.01. The van der Waals surface area contributed by atoms with E-state index in [2.05, 4.69) is 5.32 Å². The van der Waals surface area contributed by atoms with Crippen molar-refractivity contribution in [3.63, 3.8) is 0 Å². The molecule has 1 amide bonds. The van der Waals surface area contributed by atoms with Gasteiger partial charge in [-0.1, -0.05) is 32.0 Å². The van der Waals surface area contributed by atoms with Gasteiger partial charge < -0.3 is 14.8 Å². The number of hydrogen-bond donors (Lipinski definition) is 1. The van der Waals surface area contributed by atoms with E-state index in [0.29, 0.717) is 5.69 Å². The first-order chi connectivity index (χ1) is 13.3. The molecule has 2 rings (SSSR count). The lowest BCUT2D eigenvalue weighted by molar-refractivity contribution is -0.384. The molecular weight excluding hydrogens is 364 g/mol. The van der Waals surface area contributed by atoms with Gasteiger partial charge in [0.05, 0.1) is 4.92 Å². The molecule has 0 aliphatic heterocycles. The molecule has 1 N–H and O–H groups in total. The number of nitro benzene ring substituents is 1. The summed E-state index contributed by atoms with van der Waals surface area (Å²) in [6, 6.07) is 12.7. The Labute approximate surface area is 162 Å². The van der Waals surface area contributed by atoms with Gasteiger partial charge in [-0.25, -0.2) is 4.79 Å². The Morgan fingerprint density at radius 2 is 1.71 bits per heavy atom. The summed E-state index contributed by atoms with van der Waals surface area (Å²) < 4.78 is 10.3. The highest BCUT2D eigenvalue weighted by Gasteiger charge is 2.19. The third kappa shape index (κ3) is 5.80. The minimum absolute atomic E-state index is 0.0816. The van der Waals surface area contributed by atoms with Gasteiger partial charge in [0.2, 0.25) is 0 Å². The lowest BCUT2D eigenvalue weighted by atomic mass is 10.0. The maximum absolute atomic E-state index is 12.3. The van der Waals surface area contributed by atoms with Gasteiger partial charge >= 0.3 is 5.97 Å². The number of esters is 1. The number of anilines is 1. The summed E-state index contributed by atoms with van der Waals surface area (Å²) in [4.78, 5) is 34.3. The molecule has 0 aromatic heterocycles. The molecule has 0 fully saturated rings. The van der Waals surface area contributed by atoms with Crippen molar-refractivity contribution >= 4 is 23.3 Å². The van der Waals surface area contributed by atoms with Crippen molar-refractivity contribution in [2.24, 2.45) is 0 Å². The number of carbonyl (C=O) groups excluding carboxylic acids is 2. The van der Waals surface area contributed by atoms with Gasteiger partial charge in [0, 0.05) is 17.8 Å². The molecule has 0 saturated heterocycles. The van der Waals surface area contributed by atoms with Crippen LogP contribution in [-0.2, 0) is 14.3 Å². The maximum Gasteiger partial charge on any atom is 0.344 e. The van der Waals surface area contributed by atoms with Crippen molar-refractivity contribution in [2.75, 3.05) is 11.9 Å². The number of para-hydroxylation sites is 1. The van der Waals surface area contributed by atoms with Crippen LogP contribution in [-0.4, -0.2) is 29.5 Å². The fourth-order valence-corrected chi connectivity index (χ4v) is 2.44. The zero-order valence-electron chi connectivity index (χ0n) is 15.9. The van der Waals surface area contributed by atoms with Crippen LogP contribution in [0.4, 0.5) is 11.4 Å². The lowest BCUT2D eigenvalue weighted by Gasteiger charge is -2.17. The molecule has 28 heavy (non-hydrogen) atoms. The molecule has 1 atom stereocenters. The van der Waals surface area contributed by atoms with Gasteiger partial charge in [-0.3, -0.25) is 14.9 Å². The summed E-state index contributed by atoms with van der Waals surface area (Å²) in [7, 11) is 0. The predicted octanol–water partition coefficient (Wildman–Crippen LogP) is 3.67. The highest BCUT2D eigenvalue weighted by atomic mass is 16.6. The summed E-state index contributed by atoms with van der Waals surface area (Å²) in [5.74, 6) is -0.662. The predicted molar refractivity (Wildman–Crippen MR) is 103 cm³/mol.